The number of anilines is 1. The molecule has 0 aliphatic carbocycles. The van der Waals surface area contributed by atoms with Crippen molar-refractivity contribution in [3.63, 3.8) is 0 Å². The zero-order valence-electron chi connectivity index (χ0n) is 12.5. The van der Waals surface area contributed by atoms with Gasteiger partial charge in [-0.2, -0.15) is 0 Å². The highest BCUT2D eigenvalue weighted by atomic mass is 16.6. The van der Waals surface area contributed by atoms with Crippen LogP contribution in [0.4, 0.5) is 10.5 Å². The summed E-state index contributed by atoms with van der Waals surface area (Å²) in [7, 11) is 0. The Morgan fingerprint density at radius 3 is 2.32 bits per heavy atom. The molecule has 22 heavy (non-hydrogen) atoms. The van der Waals surface area contributed by atoms with Crippen LogP contribution in [-0.2, 0) is 4.74 Å². The Hall–Kier alpha value is -2.76. The van der Waals surface area contributed by atoms with Crippen LogP contribution in [0.3, 0.4) is 0 Å². The smallest absolute Gasteiger partial charge is 0.412 e. The van der Waals surface area contributed by atoms with Crippen molar-refractivity contribution in [1.82, 2.24) is 0 Å². The maximum atomic E-state index is 11.7. The SMILES string of the molecule is CC(C)(C)OC(=O)Nc1ccc(-c2occc2C(=O)O)cc1. The lowest BCUT2D eigenvalue weighted by Gasteiger charge is -2.19. The van der Waals surface area contributed by atoms with Gasteiger partial charge in [0.15, 0.2) is 0 Å². The number of amides is 1. The second-order valence-electron chi connectivity index (χ2n) is 5.67. The van der Waals surface area contributed by atoms with Crippen LogP contribution < -0.4 is 5.32 Å². The van der Waals surface area contributed by atoms with E-state index in [1.165, 1.54) is 12.3 Å². The molecule has 0 saturated carbocycles. The predicted octanol–water partition coefficient (Wildman–Crippen LogP) is 3.99. The van der Waals surface area contributed by atoms with Gasteiger partial charge in [-0.3, -0.25) is 5.32 Å². The number of aromatic carboxylic acids is 1. The van der Waals surface area contributed by atoms with Crippen molar-refractivity contribution in [2.45, 2.75) is 26.4 Å². The average molecular weight is 303 g/mol. The van der Waals surface area contributed by atoms with Gasteiger partial charge in [-0.15, -0.1) is 0 Å². The zero-order valence-corrected chi connectivity index (χ0v) is 12.5. The van der Waals surface area contributed by atoms with E-state index in [9.17, 15) is 9.59 Å². The van der Waals surface area contributed by atoms with Gasteiger partial charge >= 0.3 is 12.1 Å². The Morgan fingerprint density at radius 1 is 1.14 bits per heavy atom. The number of rotatable bonds is 3. The third kappa shape index (κ3) is 3.88. The predicted molar refractivity (Wildman–Crippen MR) is 81.0 cm³/mol. The molecular formula is C16H17NO5. The third-order valence-electron chi connectivity index (χ3n) is 2.69. The molecule has 0 radical (unpaired) electrons. The molecule has 6 heteroatoms. The first-order valence-corrected chi connectivity index (χ1v) is 6.67. The van der Waals surface area contributed by atoms with E-state index in [4.69, 9.17) is 14.3 Å². The van der Waals surface area contributed by atoms with Crippen molar-refractivity contribution in [3.8, 4) is 11.3 Å². The quantitative estimate of drug-likeness (QED) is 0.894. The molecule has 116 valence electrons. The number of nitrogens with one attached hydrogen (secondary N) is 1. The maximum absolute atomic E-state index is 11.7. The summed E-state index contributed by atoms with van der Waals surface area (Å²) < 4.78 is 10.4. The van der Waals surface area contributed by atoms with E-state index in [-0.39, 0.29) is 11.3 Å². The first-order chi connectivity index (χ1) is 10.3. The molecular weight excluding hydrogens is 286 g/mol. The molecule has 0 spiro atoms. The lowest BCUT2D eigenvalue weighted by Crippen LogP contribution is -2.27. The maximum Gasteiger partial charge on any atom is 0.412 e. The summed E-state index contributed by atoms with van der Waals surface area (Å²) >= 11 is 0. The molecule has 1 aromatic carbocycles. The van der Waals surface area contributed by atoms with Gasteiger partial charge in [-0.1, -0.05) is 0 Å². The number of furan rings is 1. The molecule has 6 nitrogen and oxygen atoms in total. The molecule has 0 fully saturated rings. The highest BCUT2D eigenvalue weighted by molar-refractivity contribution is 5.94. The minimum Gasteiger partial charge on any atom is -0.478 e. The molecule has 0 saturated heterocycles. The second-order valence-corrected chi connectivity index (χ2v) is 5.67. The molecule has 1 heterocycles. The van der Waals surface area contributed by atoms with E-state index in [1.807, 2.05) is 0 Å². The number of benzene rings is 1. The molecule has 0 unspecified atom stereocenters. The van der Waals surface area contributed by atoms with Crippen LogP contribution in [0.15, 0.2) is 41.0 Å². The summed E-state index contributed by atoms with van der Waals surface area (Å²) in [5.41, 5.74) is 0.667. The van der Waals surface area contributed by atoms with Crippen molar-refractivity contribution in [2.24, 2.45) is 0 Å². The molecule has 0 aliphatic rings. The number of carboxylic acids is 1. The third-order valence-corrected chi connectivity index (χ3v) is 2.69. The number of carboxylic acid groups (broad SMARTS) is 1. The second kappa shape index (κ2) is 5.93. The van der Waals surface area contributed by atoms with Crippen molar-refractivity contribution in [1.29, 1.82) is 0 Å². The number of hydrogen-bond acceptors (Lipinski definition) is 4. The van der Waals surface area contributed by atoms with Gasteiger partial charge in [-0.05, 0) is 51.1 Å². The standard InChI is InChI=1S/C16H17NO5/c1-16(2,3)22-15(20)17-11-6-4-10(5-7-11)13-12(14(18)19)8-9-21-13/h4-9H,1-3H3,(H,17,20)(H,18,19). The van der Waals surface area contributed by atoms with Crippen molar-refractivity contribution < 1.29 is 23.8 Å². The summed E-state index contributed by atoms with van der Waals surface area (Å²) in [6, 6.07) is 8.02. The normalized spacial score (nSPS) is 11.0. The van der Waals surface area contributed by atoms with Gasteiger partial charge in [0.1, 0.15) is 16.9 Å². The number of carbonyl (C=O) groups is 2. The number of ether oxygens (including phenoxy) is 1. The van der Waals surface area contributed by atoms with Gasteiger partial charge in [0.05, 0.1) is 6.26 Å². The summed E-state index contributed by atoms with van der Waals surface area (Å²) in [4.78, 5) is 22.7. The fourth-order valence-corrected chi connectivity index (χ4v) is 1.83. The van der Waals surface area contributed by atoms with Gasteiger partial charge in [0.25, 0.3) is 0 Å². The monoisotopic (exact) mass is 303 g/mol. The Kier molecular flexibility index (Phi) is 4.21. The lowest BCUT2D eigenvalue weighted by molar-refractivity contribution is 0.0634. The minimum atomic E-state index is -1.06. The molecule has 2 aromatic rings. The van der Waals surface area contributed by atoms with E-state index in [0.29, 0.717) is 11.3 Å². The summed E-state index contributed by atoms with van der Waals surface area (Å²) in [6.07, 6.45) is 0.774. The number of hydrogen-bond donors (Lipinski definition) is 2. The molecule has 1 aromatic heterocycles. The first-order valence-electron chi connectivity index (χ1n) is 6.67. The number of carbonyl (C=O) groups excluding carboxylic acids is 1. The largest absolute Gasteiger partial charge is 0.478 e. The van der Waals surface area contributed by atoms with Crippen molar-refractivity contribution >= 4 is 17.7 Å². The van der Waals surface area contributed by atoms with E-state index in [1.54, 1.807) is 45.0 Å². The van der Waals surface area contributed by atoms with Crippen molar-refractivity contribution in [3.05, 3.63) is 42.2 Å². The molecule has 2 rings (SSSR count). The van der Waals surface area contributed by atoms with Gasteiger partial charge in [0, 0.05) is 11.3 Å². The highest BCUT2D eigenvalue weighted by Crippen LogP contribution is 2.26. The van der Waals surface area contributed by atoms with Gasteiger partial charge < -0.3 is 14.3 Å². The summed E-state index contributed by atoms with van der Waals surface area (Å²) in [5.74, 6) is -0.781. The van der Waals surface area contributed by atoms with Crippen molar-refractivity contribution in [2.75, 3.05) is 5.32 Å². The van der Waals surface area contributed by atoms with Crippen LogP contribution in [0.1, 0.15) is 31.1 Å². The first kappa shape index (κ1) is 15.6. The van der Waals surface area contributed by atoms with Crippen LogP contribution in [0.2, 0.25) is 0 Å². The topological polar surface area (TPSA) is 88.8 Å². The average Bonchev–Trinajstić information content (AvgIpc) is 2.86. The van der Waals surface area contributed by atoms with E-state index in [2.05, 4.69) is 5.32 Å². The fourth-order valence-electron chi connectivity index (χ4n) is 1.83. The minimum absolute atomic E-state index is 0.0906. The molecule has 1 amide bonds. The Balaban J connectivity index is 2.12. The van der Waals surface area contributed by atoms with E-state index >= 15 is 0 Å². The Morgan fingerprint density at radius 2 is 1.77 bits per heavy atom. The fraction of sp³-hybridized carbons (Fsp3) is 0.250. The summed E-state index contributed by atoms with van der Waals surface area (Å²) in [6.45, 7) is 5.33. The van der Waals surface area contributed by atoms with Crippen LogP contribution in [0.25, 0.3) is 11.3 Å². The van der Waals surface area contributed by atoms with Gasteiger partial charge in [0.2, 0.25) is 0 Å². The van der Waals surface area contributed by atoms with Gasteiger partial charge in [-0.25, -0.2) is 9.59 Å². The zero-order chi connectivity index (χ0) is 16.3. The van der Waals surface area contributed by atoms with Crippen LogP contribution in [0.5, 0.6) is 0 Å². The van der Waals surface area contributed by atoms with E-state index < -0.39 is 17.7 Å². The lowest BCUT2D eigenvalue weighted by atomic mass is 10.1. The highest BCUT2D eigenvalue weighted by Gasteiger charge is 2.17. The molecule has 0 aliphatic heterocycles. The summed E-state index contributed by atoms with van der Waals surface area (Å²) in [5, 5.41) is 11.7. The van der Waals surface area contributed by atoms with E-state index in [0.717, 1.165) is 0 Å². The van der Waals surface area contributed by atoms with Crippen LogP contribution in [0, 0.1) is 0 Å². The molecule has 0 bridgehead atoms. The van der Waals surface area contributed by atoms with Crippen LogP contribution >= 0.6 is 0 Å². The molecule has 2 N–H and O–H groups in total. The van der Waals surface area contributed by atoms with Crippen LogP contribution in [-0.4, -0.2) is 22.8 Å². The molecule has 0 atom stereocenters. The Labute approximate surface area is 127 Å². The Bertz CT molecular complexity index is 679.